The molecule has 1 aromatic carbocycles. The number of carbonyl (C=O) groups is 3. The first-order valence-electron chi connectivity index (χ1n) is 8.95. The number of carbonyl (C=O) groups excluding carboxylic acids is 3. The summed E-state index contributed by atoms with van der Waals surface area (Å²) in [6.07, 6.45) is 0.0119. The summed E-state index contributed by atoms with van der Waals surface area (Å²) >= 11 is 1.40. The minimum Gasteiger partial charge on any atom is -0.459 e. The first kappa shape index (κ1) is 19.8. The number of esters is 1. The molecule has 0 aliphatic carbocycles. The van der Waals surface area contributed by atoms with Crippen molar-refractivity contribution in [3.63, 3.8) is 0 Å². The number of para-hydroxylation sites is 1. The topological polar surface area (TPSA) is 85.6 Å². The number of hydrogen-bond donors (Lipinski definition) is 1. The fraction of sp³-hybridized carbons (Fsp3) is 0.286. The van der Waals surface area contributed by atoms with E-state index in [1.165, 1.54) is 11.3 Å². The molecule has 3 rings (SSSR count). The zero-order valence-electron chi connectivity index (χ0n) is 15.7. The molecule has 0 radical (unpaired) electrons. The zero-order chi connectivity index (χ0) is 20.1. The summed E-state index contributed by atoms with van der Waals surface area (Å²) in [7, 11) is 0. The van der Waals surface area contributed by atoms with Gasteiger partial charge >= 0.3 is 5.97 Å². The molecule has 2 heterocycles. The molecule has 1 amide bonds. The molecule has 0 aliphatic heterocycles. The van der Waals surface area contributed by atoms with Crippen LogP contribution in [-0.2, 0) is 14.3 Å². The Hall–Kier alpha value is -2.93. The third kappa shape index (κ3) is 5.07. The lowest BCUT2D eigenvalue weighted by Crippen LogP contribution is -2.31. The van der Waals surface area contributed by atoms with Crippen molar-refractivity contribution >= 4 is 40.0 Å². The van der Waals surface area contributed by atoms with Crippen molar-refractivity contribution in [3.05, 3.63) is 58.0 Å². The summed E-state index contributed by atoms with van der Waals surface area (Å²) < 4.78 is 10.7. The number of ketones is 1. The largest absolute Gasteiger partial charge is 0.459 e. The predicted octanol–water partition coefficient (Wildman–Crippen LogP) is 4.19. The Morgan fingerprint density at radius 3 is 2.64 bits per heavy atom. The molecule has 1 atom stereocenters. The molecule has 146 valence electrons. The number of ether oxygens (including phenoxy) is 1. The summed E-state index contributed by atoms with van der Waals surface area (Å²) in [6.45, 7) is 3.31. The van der Waals surface area contributed by atoms with E-state index in [0.29, 0.717) is 10.6 Å². The molecule has 0 spiro atoms. The van der Waals surface area contributed by atoms with E-state index in [2.05, 4.69) is 5.32 Å². The average Bonchev–Trinajstić information content (AvgIpc) is 3.30. The maximum atomic E-state index is 12.0. The van der Waals surface area contributed by atoms with Gasteiger partial charge in [0, 0.05) is 16.7 Å². The Balaban J connectivity index is 1.41. The van der Waals surface area contributed by atoms with Crippen LogP contribution in [0.3, 0.4) is 0 Å². The van der Waals surface area contributed by atoms with Gasteiger partial charge in [0.2, 0.25) is 0 Å². The van der Waals surface area contributed by atoms with Crippen molar-refractivity contribution in [2.45, 2.75) is 32.7 Å². The Kier molecular flexibility index (Phi) is 6.26. The second-order valence-corrected chi connectivity index (χ2v) is 7.76. The Morgan fingerprint density at radius 2 is 1.93 bits per heavy atom. The highest BCUT2D eigenvalue weighted by atomic mass is 32.1. The van der Waals surface area contributed by atoms with E-state index in [-0.39, 0.29) is 24.7 Å². The smallest absolute Gasteiger partial charge is 0.306 e. The molecule has 0 fully saturated rings. The van der Waals surface area contributed by atoms with Crippen LogP contribution in [0.15, 0.2) is 46.9 Å². The molecule has 0 saturated heterocycles. The summed E-state index contributed by atoms with van der Waals surface area (Å²) in [4.78, 5) is 37.5. The fourth-order valence-corrected chi connectivity index (χ4v) is 3.55. The SMILES string of the molecule is Cc1ccc(C(=O)CCC(=O)OCC(=O)N[C@@H](C)c2cc3ccccc3o2)s1. The predicted molar refractivity (Wildman–Crippen MR) is 106 cm³/mol. The van der Waals surface area contributed by atoms with E-state index in [9.17, 15) is 14.4 Å². The van der Waals surface area contributed by atoms with Gasteiger partial charge in [0.25, 0.3) is 5.91 Å². The van der Waals surface area contributed by atoms with Gasteiger partial charge in [-0.1, -0.05) is 18.2 Å². The average molecular weight is 399 g/mol. The lowest BCUT2D eigenvalue weighted by molar-refractivity contribution is -0.148. The standard InChI is InChI=1S/C21H21NO5S/c1-13-7-9-19(28-13)16(23)8-10-21(25)26-12-20(24)22-14(2)18-11-15-5-3-4-6-17(15)27-18/h3-7,9,11,14H,8,10,12H2,1-2H3,(H,22,24)/t14-/m0/s1. The van der Waals surface area contributed by atoms with Gasteiger partial charge in [0.1, 0.15) is 11.3 Å². The highest BCUT2D eigenvalue weighted by Crippen LogP contribution is 2.23. The normalized spacial score (nSPS) is 11.9. The molecule has 1 N–H and O–H groups in total. The second kappa shape index (κ2) is 8.84. The number of fused-ring (bicyclic) bond motifs is 1. The zero-order valence-corrected chi connectivity index (χ0v) is 16.5. The van der Waals surface area contributed by atoms with E-state index < -0.39 is 18.5 Å². The third-order valence-corrected chi connectivity index (χ3v) is 5.23. The molecule has 2 aromatic heterocycles. The molecular formula is C21H21NO5S. The van der Waals surface area contributed by atoms with Crippen LogP contribution in [0.25, 0.3) is 11.0 Å². The lowest BCUT2D eigenvalue weighted by atomic mass is 10.2. The van der Waals surface area contributed by atoms with E-state index in [4.69, 9.17) is 9.15 Å². The minimum atomic E-state index is -0.576. The van der Waals surface area contributed by atoms with Crippen molar-refractivity contribution in [1.29, 1.82) is 0 Å². The van der Waals surface area contributed by atoms with Gasteiger partial charge < -0.3 is 14.5 Å². The number of Topliss-reactive ketones (excluding diaryl/α,β-unsaturated/α-hetero) is 1. The Morgan fingerprint density at radius 1 is 1.14 bits per heavy atom. The van der Waals surface area contributed by atoms with E-state index in [1.54, 1.807) is 13.0 Å². The van der Waals surface area contributed by atoms with Crippen LogP contribution in [0.4, 0.5) is 0 Å². The van der Waals surface area contributed by atoms with Gasteiger partial charge in [-0.05, 0) is 38.1 Å². The van der Waals surface area contributed by atoms with Gasteiger partial charge in [0.15, 0.2) is 12.4 Å². The van der Waals surface area contributed by atoms with Gasteiger partial charge in [-0.25, -0.2) is 0 Å². The summed E-state index contributed by atoms with van der Waals surface area (Å²) in [5.74, 6) is -0.481. The van der Waals surface area contributed by atoms with Crippen molar-refractivity contribution in [2.75, 3.05) is 6.61 Å². The highest BCUT2D eigenvalue weighted by Gasteiger charge is 2.16. The molecule has 0 saturated carbocycles. The molecule has 6 nitrogen and oxygen atoms in total. The number of nitrogens with one attached hydrogen (secondary N) is 1. The van der Waals surface area contributed by atoms with E-state index >= 15 is 0 Å². The summed E-state index contributed by atoms with van der Waals surface area (Å²) in [6, 6.07) is 12.7. The van der Waals surface area contributed by atoms with Crippen molar-refractivity contribution < 1.29 is 23.5 Å². The van der Waals surface area contributed by atoms with Crippen LogP contribution in [0, 0.1) is 6.92 Å². The lowest BCUT2D eigenvalue weighted by Gasteiger charge is -2.11. The number of amides is 1. The monoisotopic (exact) mass is 399 g/mol. The molecule has 28 heavy (non-hydrogen) atoms. The first-order chi connectivity index (χ1) is 13.4. The number of furan rings is 1. The van der Waals surface area contributed by atoms with Gasteiger partial charge in [-0.15, -0.1) is 11.3 Å². The van der Waals surface area contributed by atoms with Crippen LogP contribution in [-0.4, -0.2) is 24.3 Å². The van der Waals surface area contributed by atoms with Gasteiger partial charge in [0.05, 0.1) is 17.3 Å². The third-order valence-electron chi connectivity index (χ3n) is 4.18. The van der Waals surface area contributed by atoms with Crippen LogP contribution >= 0.6 is 11.3 Å². The number of hydrogen-bond acceptors (Lipinski definition) is 6. The molecule has 3 aromatic rings. The molecule has 0 bridgehead atoms. The molecular weight excluding hydrogens is 378 g/mol. The highest BCUT2D eigenvalue weighted by molar-refractivity contribution is 7.14. The summed E-state index contributed by atoms with van der Waals surface area (Å²) in [5.41, 5.74) is 0.746. The summed E-state index contributed by atoms with van der Waals surface area (Å²) in [5, 5.41) is 3.69. The van der Waals surface area contributed by atoms with Crippen LogP contribution in [0.2, 0.25) is 0 Å². The Bertz CT molecular complexity index is 970. The van der Waals surface area contributed by atoms with E-state index in [1.807, 2.05) is 43.3 Å². The number of thiophene rings is 1. The van der Waals surface area contributed by atoms with Crippen molar-refractivity contribution in [3.8, 4) is 0 Å². The number of rotatable bonds is 8. The van der Waals surface area contributed by atoms with Gasteiger partial charge in [-0.3, -0.25) is 14.4 Å². The van der Waals surface area contributed by atoms with Crippen molar-refractivity contribution in [2.24, 2.45) is 0 Å². The van der Waals surface area contributed by atoms with Crippen LogP contribution in [0.5, 0.6) is 0 Å². The van der Waals surface area contributed by atoms with Crippen LogP contribution < -0.4 is 5.32 Å². The van der Waals surface area contributed by atoms with Crippen molar-refractivity contribution in [1.82, 2.24) is 5.32 Å². The first-order valence-corrected chi connectivity index (χ1v) is 9.77. The van der Waals surface area contributed by atoms with Gasteiger partial charge in [-0.2, -0.15) is 0 Å². The fourth-order valence-electron chi connectivity index (χ4n) is 2.71. The van der Waals surface area contributed by atoms with E-state index in [0.717, 1.165) is 15.8 Å². The number of benzene rings is 1. The molecule has 0 unspecified atom stereocenters. The second-order valence-electron chi connectivity index (χ2n) is 6.47. The number of aryl methyl sites for hydroxylation is 1. The Labute approximate surface area is 166 Å². The maximum Gasteiger partial charge on any atom is 0.306 e. The molecule has 0 aliphatic rings. The minimum absolute atomic E-state index is 0.0534. The quantitative estimate of drug-likeness (QED) is 0.453. The maximum absolute atomic E-state index is 12.0. The van der Waals surface area contributed by atoms with Crippen LogP contribution in [0.1, 0.15) is 46.1 Å². The molecule has 7 heteroatoms.